The van der Waals surface area contributed by atoms with E-state index in [-0.39, 0.29) is 18.4 Å². The lowest BCUT2D eigenvalue weighted by molar-refractivity contribution is -0.141. The van der Waals surface area contributed by atoms with Gasteiger partial charge in [-0.15, -0.1) is 0 Å². The van der Waals surface area contributed by atoms with Crippen molar-refractivity contribution in [1.82, 2.24) is 19.5 Å². The minimum Gasteiger partial charge on any atom is -0.481 e. The fourth-order valence-corrected chi connectivity index (χ4v) is 3.54. The van der Waals surface area contributed by atoms with Gasteiger partial charge in [0.25, 0.3) is 5.91 Å². The predicted molar refractivity (Wildman–Crippen MR) is 93.9 cm³/mol. The number of nitrogens with zero attached hydrogens (tertiary/aromatic N) is 4. The minimum absolute atomic E-state index is 0.177. The van der Waals surface area contributed by atoms with Crippen LogP contribution in [0.4, 0.5) is 0 Å². The molecule has 7 nitrogen and oxygen atoms in total. The van der Waals surface area contributed by atoms with Crippen LogP contribution in [0.2, 0.25) is 0 Å². The van der Waals surface area contributed by atoms with Gasteiger partial charge in [0.15, 0.2) is 5.65 Å². The summed E-state index contributed by atoms with van der Waals surface area (Å²) in [6.07, 6.45) is 3.25. The standard InChI is InChI=1S/C19H18N4O3/c1-12-7-8-23-17(21-12)14(9-20-23)18(24)22-10-15(16(11-22)19(25)26)13-5-3-2-4-6-13/h2-9,15-16H,10-11H2,1H3,(H,25,26). The molecule has 7 heteroatoms. The van der Waals surface area contributed by atoms with Crippen molar-refractivity contribution in [3.63, 3.8) is 0 Å². The smallest absolute Gasteiger partial charge is 0.308 e. The van der Waals surface area contributed by atoms with E-state index in [2.05, 4.69) is 10.1 Å². The van der Waals surface area contributed by atoms with E-state index in [1.54, 1.807) is 15.6 Å². The van der Waals surface area contributed by atoms with Gasteiger partial charge in [-0.3, -0.25) is 9.59 Å². The second kappa shape index (κ2) is 6.25. The lowest BCUT2D eigenvalue weighted by Gasteiger charge is -2.16. The van der Waals surface area contributed by atoms with E-state index in [9.17, 15) is 14.7 Å². The number of fused-ring (bicyclic) bond motifs is 1. The van der Waals surface area contributed by atoms with Crippen molar-refractivity contribution in [1.29, 1.82) is 0 Å². The van der Waals surface area contributed by atoms with Gasteiger partial charge in [-0.2, -0.15) is 5.10 Å². The second-order valence-corrected chi connectivity index (χ2v) is 6.57. The summed E-state index contributed by atoms with van der Waals surface area (Å²) in [4.78, 5) is 30.7. The highest BCUT2D eigenvalue weighted by Gasteiger charge is 2.41. The molecular formula is C19H18N4O3. The van der Waals surface area contributed by atoms with E-state index in [1.807, 2.05) is 43.3 Å². The number of carbonyl (C=O) groups excluding carboxylic acids is 1. The summed E-state index contributed by atoms with van der Waals surface area (Å²) in [6, 6.07) is 11.3. The van der Waals surface area contributed by atoms with Crippen LogP contribution in [0.15, 0.2) is 48.8 Å². The number of benzene rings is 1. The van der Waals surface area contributed by atoms with Crippen LogP contribution in [0, 0.1) is 12.8 Å². The molecule has 3 heterocycles. The van der Waals surface area contributed by atoms with E-state index in [4.69, 9.17) is 0 Å². The molecule has 26 heavy (non-hydrogen) atoms. The summed E-state index contributed by atoms with van der Waals surface area (Å²) in [6.45, 7) is 2.39. The van der Waals surface area contributed by atoms with Crippen molar-refractivity contribution >= 4 is 17.5 Å². The molecule has 1 aliphatic rings. The molecule has 1 saturated heterocycles. The highest BCUT2D eigenvalue weighted by Crippen LogP contribution is 2.33. The number of likely N-dealkylation sites (tertiary alicyclic amines) is 1. The van der Waals surface area contributed by atoms with Gasteiger partial charge in [0.1, 0.15) is 5.56 Å². The van der Waals surface area contributed by atoms with Crippen LogP contribution in [-0.2, 0) is 4.79 Å². The zero-order valence-corrected chi connectivity index (χ0v) is 14.2. The molecule has 2 unspecified atom stereocenters. The molecule has 1 fully saturated rings. The minimum atomic E-state index is -0.886. The number of aromatic nitrogens is 3. The van der Waals surface area contributed by atoms with Crippen molar-refractivity contribution in [3.05, 3.63) is 65.6 Å². The lowest BCUT2D eigenvalue weighted by Crippen LogP contribution is -2.30. The van der Waals surface area contributed by atoms with Crippen molar-refractivity contribution in [3.8, 4) is 0 Å². The van der Waals surface area contributed by atoms with Gasteiger partial charge in [0.2, 0.25) is 0 Å². The summed E-state index contributed by atoms with van der Waals surface area (Å²) in [5.74, 6) is -1.97. The van der Waals surface area contributed by atoms with Crippen LogP contribution in [0.25, 0.3) is 5.65 Å². The Morgan fingerprint density at radius 1 is 1.15 bits per heavy atom. The molecule has 0 saturated carbocycles. The van der Waals surface area contributed by atoms with Gasteiger partial charge in [0, 0.05) is 30.9 Å². The molecule has 1 amide bonds. The molecule has 3 aromatic rings. The van der Waals surface area contributed by atoms with Crippen LogP contribution in [0.3, 0.4) is 0 Å². The maximum atomic E-state index is 13.0. The van der Waals surface area contributed by atoms with Crippen molar-refractivity contribution < 1.29 is 14.7 Å². The number of hydrogen-bond donors (Lipinski definition) is 1. The number of amides is 1. The number of aryl methyl sites for hydroxylation is 1. The van der Waals surface area contributed by atoms with Gasteiger partial charge >= 0.3 is 5.97 Å². The maximum Gasteiger partial charge on any atom is 0.308 e. The lowest BCUT2D eigenvalue weighted by atomic mass is 9.89. The first-order chi connectivity index (χ1) is 12.5. The number of carbonyl (C=O) groups is 2. The van der Waals surface area contributed by atoms with E-state index in [0.717, 1.165) is 11.3 Å². The largest absolute Gasteiger partial charge is 0.481 e. The first-order valence-corrected chi connectivity index (χ1v) is 8.42. The van der Waals surface area contributed by atoms with Gasteiger partial charge < -0.3 is 10.0 Å². The van der Waals surface area contributed by atoms with Gasteiger partial charge in [0.05, 0.1) is 12.1 Å². The summed E-state index contributed by atoms with van der Waals surface area (Å²) < 4.78 is 1.56. The zero-order valence-electron chi connectivity index (χ0n) is 14.2. The second-order valence-electron chi connectivity index (χ2n) is 6.57. The average molecular weight is 350 g/mol. The van der Waals surface area contributed by atoms with E-state index < -0.39 is 11.9 Å². The van der Waals surface area contributed by atoms with Gasteiger partial charge in [-0.05, 0) is 18.6 Å². The van der Waals surface area contributed by atoms with Crippen LogP contribution in [0.5, 0.6) is 0 Å². The first kappa shape index (κ1) is 16.3. The molecule has 4 rings (SSSR count). The van der Waals surface area contributed by atoms with E-state index in [0.29, 0.717) is 17.8 Å². The Balaban J connectivity index is 1.66. The van der Waals surface area contributed by atoms with Crippen LogP contribution < -0.4 is 0 Å². The number of hydrogen-bond acceptors (Lipinski definition) is 4. The predicted octanol–water partition coefficient (Wildman–Crippen LogP) is 1.98. The van der Waals surface area contributed by atoms with Crippen LogP contribution in [-0.4, -0.2) is 49.6 Å². The van der Waals surface area contributed by atoms with E-state index in [1.165, 1.54) is 6.20 Å². The molecule has 1 N–H and O–H groups in total. The summed E-state index contributed by atoms with van der Waals surface area (Å²) in [5, 5.41) is 13.8. The summed E-state index contributed by atoms with van der Waals surface area (Å²) >= 11 is 0. The van der Waals surface area contributed by atoms with Crippen molar-refractivity contribution in [2.24, 2.45) is 5.92 Å². The highest BCUT2D eigenvalue weighted by molar-refractivity contribution is 6.00. The fraction of sp³-hybridized carbons (Fsp3) is 0.263. The summed E-state index contributed by atoms with van der Waals surface area (Å²) in [7, 11) is 0. The molecule has 0 radical (unpaired) electrons. The van der Waals surface area contributed by atoms with Gasteiger partial charge in [-0.1, -0.05) is 30.3 Å². The molecular weight excluding hydrogens is 332 g/mol. The van der Waals surface area contributed by atoms with Crippen molar-refractivity contribution in [2.75, 3.05) is 13.1 Å². The molecule has 1 aromatic carbocycles. The van der Waals surface area contributed by atoms with Gasteiger partial charge in [-0.25, -0.2) is 9.50 Å². The SMILES string of the molecule is Cc1ccn2ncc(C(=O)N3CC(C(=O)O)C(c4ccccc4)C3)c2n1. The Hall–Kier alpha value is -3.22. The number of rotatable bonds is 3. The molecule has 2 atom stereocenters. The zero-order chi connectivity index (χ0) is 18.3. The molecule has 1 aliphatic heterocycles. The number of carboxylic acids is 1. The number of aliphatic carboxylic acids is 1. The third-order valence-electron chi connectivity index (χ3n) is 4.89. The molecule has 0 bridgehead atoms. The Labute approximate surface area is 149 Å². The normalized spacial score (nSPS) is 19.8. The third kappa shape index (κ3) is 2.71. The van der Waals surface area contributed by atoms with Crippen LogP contribution in [0.1, 0.15) is 27.5 Å². The summed E-state index contributed by atoms with van der Waals surface area (Å²) in [5.41, 5.74) is 2.61. The quantitative estimate of drug-likeness (QED) is 0.780. The highest BCUT2D eigenvalue weighted by atomic mass is 16.4. The Kier molecular flexibility index (Phi) is 3.91. The number of carboxylic acid groups (broad SMARTS) is 1. The fourth-order valence-electron chi connectivity index (χ4n) is 3.54. The molecule has 132 valence electrons. The molecule has 2 aromatic heterocycles. The molecule has 0 spiro atoms. The molecule has 0 aliphatic carbocycles. The Bertz CT molecular complexity index is 983. The average Bonchev–Trinajstić information content (AvgIpc) is 3.26. The van der Waals surface area contributed by atoms with Crippen LogP contribution >= 0.6 is 0 Å². The van der Waals surface area contributed by atoms with Crippen molar-refractivity contribution in [2.45, 2.75) is 12.8 Å². The third-order valence-corrected chi connectivity index (χ3v) is 4.89. The topological polar surface area (TPSA) is 87.8 Å². The monoisotopic (exact) mass is 350 g/mol. The Morgan fingerprint density at radius 3 is 2.65 bits per heavy atom. The first-order valence-electron chi connectivity index (χ1n) is 8.42. The maximum absolute atomic E-state index is 13.0. The van der Waals surface area contributed by atoms with E-state index >= 15 is 0 Å². The Morgan fingerprint density at radius 2 is 1.92 bits per heavy atom.